The molecule has 0 saturated carbocycles. The van der Waals surface area contributed by atoms with E-state index >= 15 is 0 Å². The number of piperazine rings is 1. The van der Waals surface area contributed by atoms with Gasteiger partial charge in [0.15, 0.2) is 0 Å². The van der Waals surface area contributed by atoms with Crippen molar-refractivity contribution in [2.45, 2.75) is 13.0 Å². The predicted octanol–water partition coefficient (Wildman–Crippen LogP) is -0.877. The molecule has 7 nitrogen and oxygen atoms in total. The molecule has 8 heteroatoms. The van der Waals surface area contributed by atoms with E-state index in [1.54, 1.807) is 11.9 Å². The van der Waals surface area contributed by atoms with Crippen molar-refractivity contribution in [1.29, 1.82) is 0 Å². The van der Waals surface area contributed by atoms with Crippen molar-refractivity contribution in [3.8, 4) is 0 Å². The number of halogens is 1. The van der Waals surface area contributed by atoms with E-state index in [0.29, 0.717) is 13.1 Å². The molecule has 1 atom stereocenters. The molecule has 2 aliphatic rings. The van der Waals surface area contributed by atoms with Crippen molar-refractivity contribution >= 4 is 30.3 Å². The maximum absolute atomic E-state index is 12.0. The Morgan fingerprint density at radius 3 is 2.63 bits per heavy atom. The van der Waals surface area contributed by atoms with Gasteiger partial charge in [0, 0.05) is 32.7 Å². The van der Waals surface area contributed by atoms with Crippen LogP contribution in [0.2, 0.25) is 0 Å². The van der Waals surface area contributed by atoms with Crippen molar-refractivity contribution in [2.75, 3.05) is 39.8 Å². The van der Waals surface area contributed by atoms with Gasteiger partial charge in [0.05, 0.1) is 0 Å². The molecule has 4 amide bonds. The van der Waals surface area contributed by atoms with Gasteiger partial charge in [-0.25, -0.2) is 4.79 Å². The molecular formula is C11H19ClN4O3. The standard InChI is InChI=1S/C11H18N4O3.ClH/c1-8-5-14(4-3-12-8)9(16)7-15-10(17)6-13(2)11(15)18;/h8,12H,3-7H2,1-2H3;1H. The number of amides is 4. The fourth-order valence-electron chi connectivity index (χ4n) is 2.22. The van der Waals surface area contributed by atoms with Crippen molar-refractivity contribution in [3.05, 3.63) is 0 Å². The van der Waals surface area contributed by atoms with Crippen molar-refractivity contribution in [3.63, 3.8) is 0 Å². The summed E-state index contributed by atoms with van der Waals surface area (Å²) in [5.41, 5.74) is 0. The second kappa shape index (κ2) is 6.21. The zero-order valence-corrected chi connectivity index (χ0v) is 11.9. The minimum Gasteiger partial charge on any atom is -0.338 e. The quantitative estimate of drug-likeness (QED) is 0.671. The molecule has 108 valence electrons. The van der Waals surface area contributed by atoms with E-state index in [1.807, 2.05) is 6.92 Å². The van der Waals surface area contributed by atoms with Gasteiger partial charge in [-0.05, 0) is 6.92 Å². The summed E-state index contributed by atoms with van der Waals surface area (Å²) in [6.45, 7) is 3.90. The van der Waals surface area contributed by atoms with Gasteiger partial charge in [-0.2, -0.15) is 0 Å². The Bertz CT molecular complexity index is 390. The average molecular weight is 291 g/mol. The lowest BCUT2D eigenvalue weighted by molar-refractivity contribution is -0.137. The minimum absolute atomic E-state index is 0. The molecule has 0 spiro atoms. The lowest BCUT2D eigenvalue weighted by atomic mass is 10.2. The molecule has 0 aromatic heterocycles. The first-order valence-corrected chi connectivity index (χ1v) is 6.05. The Kier molecular flexibility index (Phi) is 5.13. The maximum atomic E-state index is 12.0. The van der Waals surface area contributed by atoms with Crippen LogP contribution in [0.25, 0.3) is 0 Å². The highest BCUT2D eigenvalue weighted by Crippen LogP contribution is 2.09. The largest absolute Gasteiger partial charge is 0.338 e. The molecule has 1 N–H and O–H groups in total. The molecule has 2 aliphatic heterocycles. The molecule has 0 aromatic rings. The van der Waals surface area contributed by atoms with Crippen LogP contribution in [-0.4, -0.2) is 78.4 Å². The Morgan fingerprint density at radius 1 is 1.42 bits per heavy atom. The van der Waals surface area contributed by atoms with E-state index in [2.05, 4.69) is 5.32 Å². The summed E-state index contributed by atoms with van der Waals surface area (Å²) in [5.74, 6) is -0.473. The zero-order valence-electron chi connectivity index (χ0n) is 11.1. The van der Waals surface area contributed by atoms with Gasteiger partial charge >= 0.3 is 6.03 Å². The number of hydrogen-bond donors (Lipinski definition) is 1. The molecule has 2 saturated heterocycles. The number of imide groups is 1. The first kappa shape index (κ1) is 15.7. The highest BCUT2D eigenvalue weighted by molar-refractivity contribution is 6.04. The van der Waals surface area contributed by atoms with Crippen LogP contribution in [0.15, 0.2) is 0 Å². The van der Waals surface area contributed by atoms with E-state index < -0.39 is 6.03 Å². The number of rotatable bonds is 2. The maximum Gasteiger partial charge on any atom is 0.327 e. The zero-order chi connectivity index (χ0) is 13.3. The van der Waals surface area contributed by atoms with Gasteiger partial charge in [0.2, 0.25) is 5.91 Å². The van der Waals surface area contributed by atoms with E-state index in [1.165, 1.54) is 4.90 Å². The monoisotopic (exact) mass is 290 g/mol. The van der Waals surface area contributed by atoms with E-state index in [9.17, 15) is 14.4 Å². The number of nitrogens with zero attached hydrogens (tertiary/aromatic N) is 3. The normalized spacial score (nSPS) is 23.7. The third kappa shape index (κ3) is 3.36. The molecule has 0 radical (unpaired) electrons. The summed E-state index contributed by atoms with van der Waals surface area (Å²) in [4.78, 5) is 39.3. The van der Waals surface area contributed by atoms with Crippen molar-refractivity contribution in [1.82, 2.24) is 20.0 Å². The molecule has 2 fully saturated rings. The molecular weight excluding hydrogens is 272 g/mol. The predicted molar refractivity (Wildman–Crippen MR) is 71.0 cm³/mol. The summed E-state index contributed by atoms with van der Waals surface area (Å²) < 4.78 is 0. The molecule has 2 rings (SSSR count). The molecule has 0 aliphatic carbocycles. The smallest absolute Gasteiger partial charge is 0.327 e. The van der Waals surface area contributed by atoms with Crippen LogP contribution in [0.5, 0.6) is 0 Å². The lowest BCUT2D eigenvalue weighted by Crippen LogP contribution is -2.54. The fourth-order valence-corrected chi connectivity index (χ4v) is 2.22. The molecule has 0 aromatic carbocycles. The van der Waals surface area contributed by atoms with Gasteiger partial charge in [-0.1, -0.05) is 0 Å². The molecule has 19 heavy (non-hydrogen) atoms. The Hall–Kier alpha value is -1.34. The summed E-state index contributed by atoms with van der Waals surface area (Å²) in [7, 11) is 1.55. The Morgan fingerprint density at radius 2 is 2.11 bits per heavy atom. The second-order valence-corrected chi connectivity index (χ2v) is 4.81. The summed E-state index contributed by atoms with van der Waals surface area (Å²) in [6, 6.07) is -0.146. The van der Waals surface area contributed by atoms with Crippen LogP contribution in [0.4, 0.5) is 4.79 Å². The first-order valence-electron chi connectivity index (χ1n) is 6.05. The Balaban J connectivity index is 0.00000180. The van der Waals surface area contributed by atoms with E-state index in [4.69, 9.17) is 0 Å². The number of likely N-dealkylation sites (N-methyl/N-ethyl adjacent to an activating group) is 1. The number of nitrogens with one attached hydrogen (secondary N) is 1. The molecule has 1 unspecified atom stereocenters. The fraction of sp³-hybridized carbons (Fsp3) is 0.727. The van der Waals surface area contributed by atoms with Gasteiger partial charge in [0.1, 0.15) is 13.1 Å². The topological polar surface area (TPSA) is 73.0 Å². The number of hydrogen-bond acceptors (Lipinski definition) is 4. The number of carbonyl (C=O) groups excluding carboxylic acids is 3. The highest BCUT2D eigenvalue weighted by atomic mass is 35.5. The van der Waals surface area contributed by atoms with E-state index in [-0.39, 0.29) is 43.4 Å². The number of urea groups is 1. The summed E-state index contributed by atoms with van der Waals surface area (Å²) in [6.07, 6.45) is 0. The van der Waals surface area contributed by atoms with E-state index in [0.717, 1.165) is 11.4 Å². The molecule has 0 bridgehead atoms. The van der Waals surface area contributed by atoms with Gasteiger partial charge in [-0.3, -0.25) is 14.5 Å². The third-order valence-electron chi connectivity index (χ3n) is 3.25. The van der Waals surface area contributed by atoms with Crippen LogP contribution in [0, 0.1) is 0 Å². The van der Waals surface area contributed by atoms with Crippen LogP contribution in [0.1, 0.15) is 6.92 Å². The van der Waals surface area contributed by atoms with Gasteiger partial charge < -0.3 is 15.1 Å². The Labute approximate surface area is 118 Å². The third-order valence-corrected chi connectivity index (χ3v) is 3.25. The second-order valence-electron chi connectivity index (χ2n) is 4.81. The first-order chi connectivity index (χ1) is 8.49. The SMILES string of the molecule is CC1CN(C(=O)CN2C(=O)CN(C)C2=O)CCN1.Cl. The number of carbonyl (C=O) groups is 3. The van der Waals surface area contributed by atoms with Crippen LogP contribution in [-0.2, 0) is 9.59 Å². The summed E-state index contributed by atoms with van der Waals surface area (Å²) >= 11 is 0. The van der Waals surface area contributed by atoms with Gasteiger partial charge in [0.25, 0.3) is 5.91 Å². The highest BCUT2D eigenvalue weighted by Gasteiger charge is 2.36. The van der Waals surface area contributed by atoms with Crippen LogP contribution >= 0.6 is 12.4 Å². The lowest BCUT2D eigenvalue weighted by Gasteiger charge is -2.32. The average Bonchev–Trinajstić information content (AvgIpc) is 2.56. The minimum atomic E-state index is -0.392. The molecule has 2 heterocycles. The van der Waals surface area contributed by atoms with Crippen LogP contribution in [0.3, 0.4) is 0 Å². The van der Waals surface area contributed by atoms with Crippen molar-refractivity contribution < 1.29 is 14.4 Å². The van der Waals surface area contributed by atoms with Crippen molar-refractivity contribution in [2.24, 2.45) is 0 Å². The van der Waals surface area contributed by atoms with Crippen LogP contribution < -0.4 is 5.32 Å². The van der Waals surface area contributed by atoms with Gasteiger partial charge in [-0.15, -0.1) is 12.4 Å². The summed E-state index contributed by atoms with van der Waals surface area (Å²) in [5, 5.41) is 3.24.